The van der Waals surface area contributed by atoms with Gasteiger partial charge in [-0.3, -0.25) is 0 Å². The zero-order valence-corrected chi connectivity index (χ0v) is 17.0. The Labute approximate surface area is 174 Å². The second kappa shape index (κ2) is 8.42. The molecule has 1 N–H and O–H groups in total. The van der Waals surface area contributed by atoms with Crippen molar-refractivity contribution in [3.05, 3.63) is 84.1 Å². The molecular formula is C21H20N4O4S. The lowest BCUT2D eigenvalue weighted by atomic mass is 10.2. The predicted molar refractivity (Wildman–Crippen MR) is 113 cm³/mol. The third-order valence-electron chi connectivity index (χ3n) is 4.26. The summed E-state index contributed by atoms with van der Waals surface area (Å²) in [5, 5.41) is 7.07. The van der Waals surface area contributed by atoms with E-state index in [1.54, 1.807) is 12.1 Å². The van der Waals surface area contributed by atoms with E-state index < -0.39 is 10.0 Å². The van der Waals surface area contributed by atoms with E-state index in [0.29, 0.717) is 18.9 Å². The Morgan fingerprint density at radius 2 is 1.77 bits per heavy atom. The number of nitrogens with zero attached hydrogens (tertiary/aromatic N) is 3. The zero-order chi connectivity index (χ0) is 21.0. The normalized spacial score (nSPS) is 11.4. The van der Waals surface area contributed by atoms with Gasteiger partial charge in [-0.1, -0.05) is 42.5 Å². The molecule has 2 aromatic carbocycles. The van der Waals surface area contributed by atoms with Crippen LogP contribution < -0.4 is 10.1 Å². The number of furan rings is 1. The van der Waals surface area contributed by atoms with Crippen LogP contribution in [0.15, 0.2) is 77.4 Å². The molecule has 0 saturated heterocycles. The Bertz CT molecular complexity index is 1200. The molecule has 4 rings (SSSR count). The van der Waals surface area contributed by atoms with Crippen molar-refractivity contribution in [1.29, 1.82) is 0 Å². The summed E-state index contributed by atoms with van der Waals surface area (Å²) in [6, 6.07) is 20.8. The summed E-state index contributed by atoms with van der Waals surface area (Å²) in [4.78, 5) is 4.26. The molecule has 30 heavy (non-hydrogen) atoms. The summed E-state index contributed by atoms with van der Waals surface area (Å²) >= 11 is 0. The van der Waals surface area contributed by atoms with Crippen molar-refractivity contribution in [3.63, 3.8) is 0 Å². The summed E-state index contributed by atoms with van der Waals surface area (Å²) in [7, 11) is -3.63. The highest BCUT2D eigenvalue weighted by molar-refractivity contribution is 7.89. The van der Waals surface area contributed by atoms with E-state index in [1.807, 2.05) is 54.6 Å². The molecule has 9 heteroatoms. The quantitative estimate of drug-likeness (QED) is 0.462. The molecule has 0 amide bonds. The largest absolute Gasteiger partial charge is 0.489 e. The van der Waals surface area contributed by atoms with Crippen LogP contribution in [0.25, 0.3) is 11.6 Å². The molecule has 0 aliphatic rings. The molecule has 0 unspecified atom stereocenters. The van der Waals surface area contributed by atoms with Crippen molar-refractivity contribution in [2.45, 2.75) is 13.2 Å². The summed E-state index contributed by atoms with van der Waals surface area (Å²) in [6.45, 7) is 0.857. The van der Waals surface area contributed by atoms with E-state index in [2.05, 4.69) is 15.4 Å². The maximum Gasteiger partial charge on any atom is 0.254 e. The monoisotopic (exact) mass is 424 g/mol. The van der Waals surface area contributed by atoms with Crippen molar-refractivity contribution >= 4 is 16.0 Å². The molecule has 0 radical (unpaired) electrons. The van der Waals surface area contributed by atoms with Crippen LogP contribution in [0.4, 0.5) is 5.95 Å². The standard InChI is InChI=1S/C21H20N4O4S/c1-30(26,27)25-21(23-20(24-25)19-8-5-13-28-19)22-14-16-9-11-18(12-10-16)29-15-17-6-3-2-4-7-17/h2-13H,14-15H2,1H3,(H,22,23,24). The van der Waals surface area contributed by atoms with Gasteiger partial charge in [0.15, 0.2) is 5.76 Å². The van der Waals surface area contributed by atoms with Crippen molar-refractivity contribution in [3.8, 4) is 17.3 Å². The number of benzene rings is 2. The number of hydrogen-bond donors (Lipinski definition) is 1. The van der Waals surface area contributed by atoms with Gasteiger partial charge < -0.3 is 14.5 Å². The lowest BCUT2D eigenvalue weighted by Gasteiger charge is -2.09. The van der Waals surface area contributed by atoms with Gasteiger partial charge in [0.2, 0.25) is 11.8 Å². The summed E-state index contributed by atoms with van der Waals surface area (Å²) < 4.78 is 36.0. The lowest BCUT2D eigenvalue weighted by Crippen LogP contribution is -2.16. The highest BCUT2D eigenvalue weighted by atomic mass is 32.2. The third-order valence-corrected chi connectivity index (χ3v) is 5.14. The van der Waals surface area contributed by atoms with E-state index in [9.17, 15) is 8.42 Å². The molecule has 0 aliphatic heterocycles. The van der Waals surface area contributed by atoms with Gasteiger partial charge in [0, 0.05) is 6.54 Å². The number of aromatic nitrogens is 3. The maximum atomic E-state index is 12.1. The average molecular weight is 424 g/mol. The van der Waals surface area contributed by atoms with Crippen LogP contribution in [-0.2, 0) is 23.2 Å². The van der Waals surface area contributed by atoms with Crippen LogP contribution in [0.3, 0.4) is 0 Å². The topological polar surface area (TPSA) is 99.2 Å². The van der Waals surface area contributed by atoms with E-state index in [-0.39, 0.29) is 11.8 Å². The zero-order valence-electron chi connectivity index (χ0n) is 16.2. The Morgan fingerprint density at radius 1 is 1.00 bits per heavy atom. The van der Waals surface area contributed by atoms with Crippen LogP contribution in [0.5, 0.6) is 5.75 Å². The Morgan fingerprint density at radius 3 is 2.43 bits per heavy atom. The highest BCUT2D eigenvalue weighted by Crippen LogP contribution is 2.20. The second-order valence-corrected chi connectivity index (χ2v) is 8.43. The van der Waals surface area contributed by atoms with Gasteiger partial charge in [-0.2, -0.15) is 4.98 Å². The van der Waals surface area contributed by atoms with Crippen molar-refractivity contribution in [1.82, 2.24) is 14.2 Å². The molecule has 0 saturated carbocycles. The average Bonchev–Trinajstić information content (AvgIpc) is 3.42. The minimum Gasteiger partial charge on any atom is -0.489 e. The van der Waals surface area contributed by atoms with Crippen LogP contribution in [0.2, 0.25) is 0 Å². The van der Waals surface area contributed by atoms with Gasteiger partial charge in [0.1, 0.15) is 12.4 Å². The molecule has 2 heterocycles. The van der Waals surface area contributed by atoms with Crippen molar-refractivity contribution in [2.24, 2.45) is 0 Å². The first-order chi connectivity index (χ1) is 14.5. The maximum absolute atomic E-state index is 12.1. The first-order valence-electron chi connectivity index (χ1n) is 9.20. The molecule has 0 aliphatic carbocycles. The summed E-state index contributed by atoms with van der Waals surface area (Å²) in [5.41, 5.74) is 2.03. The van der Waals surface area contributed by atoms with E-state index in [4.69, 9.17) is 9.15 Å². The van der Waals surface area contributed by atoms with Crippen LogP contribution in [0, 0.1) is 0 Å². The molecular weight excluding hydrogens is 404 g/mol. The minimum absolute atomic E-state index is 0.119. The number of ether oxygens (including phenoxy) is 1. The first kappa shape index (κ1) is 19.7. The lowest BCUT2D eigenvalue weighted by molar-refractivity contribution is 0.306. The molecule has 0 atom stereocenters. The molecule has 0 spiro atoms. The molecule has 154 valence electrons. The van der Waals surface area contributed by atoms with Gasteiger partial charge >= 0.3 is 0 Å². The van der Waals surface area contributed by atoms with Gasteiger partial charge in [0.05, 0.1) is 12.5 Å². The fraction of sp³-hybridized carbons (Fsp3) is 0.143. The SMILES string of the molecule is CS(=O)(=O)n1nc(-c2ccco2)nc1NCc1ccc(OCc2ccccc2)cc1. The summed E-state index contributed by atoms with van der Waals surface area (Å²) in [5.74, 6) is 1.45. The fourth-order valence-electron chi connectivity index (χ4n) is 2.77. The third kappa shape index (κ3) is 4.69. The van der Waals surface area contributed by atoms with Crippen LogP contribution in [-0.4, -0.2) is 28.8 Å². The Kier molecular flexibility index (Phi) is 5.53. The number of rotatable bonds is 8. The van der Waals surface area contributed by atoms with E-state index in [0.717, 1.165) is 27.2 Å². The van der Waals surface area contributed by atoms with E-state index in [1.165, 1.54) is 6.26 Å². The number of anilines is 1. The number of hydrogen-bond acceptors (Lipinski definition) is 7. The fourth-order valence-corrected chi connectivity index (χ4v) is 3.42. The van der Waals surface area contributed by atoms with Crippen molar-refractivity contribution in [2.75, 3.05) is 11.6 Å². The van der Waals surface area contributed by atoms with Gasteiger partial charge in [0.25, 0.3) is 10.0 Å². The smallest absolute Gasteiger partial charge is 0.254 e. The Balaban J connectivity index is 1.43. The molecule has 8 nitrogen and oxygen atoms in total. The second-order valence-electron chi connectivity index (χ2n) is 6.61. The summed E-state index contributed by atoms with van der Waals surface area (Å²) in [6.07, 6.45) is 2.54. The minimum atomic E-state index is -3.63. The molecule has 0 bridgehead atoms. The van der Waals surface area contributed by atoms with Crippen LogP contribution in [0.1, 0.15) is 11.1 Å². The van der Waals surface area contributed by atoms with E-state index >= 15 is 0 Å². The van der Waals surface area contributed by atoms with Gasteiger partial charge in [-0.15, -0.1) is 9.19 Å². The number of nitrogens with one attached hydrogen (secondary N) is 1. The molecule has 4 aromatic rings. The first-order valence-corrected chi connectivity index (χ1v) is 11.0. The predicted octanol–water partition coefficient (Wildman–Crippen LogP) is 3.54. The van der Waals surface area contributed by atoms with Crippen LogP contribution >= 0.6 is 0 Å². The molecule has 0 fully saturated rings. The van der Waals surface area contributed by atoms with Gasteiger partial charge in [-0.25, -0.2) is 8.42 Å². The molecule has 2 aromatic heterocycles. The van der Waals surface area contributed by atoms with Crippen molar-refractivity contribution < 1.29 is 17.6 Å². The van der Waals surface area contributed by atoms with Gasteiger partial charge in [-0.05, 0) is 35.4 Å². The highest BCUT2D eigenvalue weighted by Gasteiger charge is 2.19. The Hall–Kier alpha value is -3.59.